The van der Waals surface area contributed by atoms with Crippen LogP contribution in [0.5, 0.6) is 0 Å². The number of nitrogens with one attached hydrogen (secondary N) is 1. The zero-order valence-electron chi connectivity index (χ0n) is 19.8. The maximum absolute atomic E-state index is 13.4. The van der Waals surface area contributed by atoms with Crippen LogP contribution >= 0.6 is 11.5 Å². The molecule has 2 aromatic heterocycles. The van der Waals surface area contributed by atoms with Gasteiger partial charge in [-0.25, -0.2) is 4.98 Å². The zero-order valence-corrected chi connectivity index (χ0v) is 20.7. The number of likely N-dealkylation sites (tertiary alicyclic amines) is 1. The van der Waals surface area contributed by atoms with Gasteiger partial charge in [0.1, 0.15) is 4.83 Å². The fourth-order valence-corrected chi connectivity index (χ4v) is 5.84. The van der Waals surface area contributed by atoms with E-state index in [0.29, 0.717) is 5.56 Å². The smallest absolute Gasteiger partial charge is 0.257 e. The van der Waals surface area contributed by atoms with Crippen molar-refractivity contribution in [1.82, 2.24) is 14.3 Å². The van der Waals surface area contributed by atoms with Gasteiger partial charge in [-0.05, 0) is 68.3 Å². The van der Waals surface area contributed by atoms with Gasteiger partial charge in [0.05, 0.1) is 22.3 Å². The van der Waals surface area contributed by atoms with Gasteiger partial charge in [-0.1, -0.05) is 19.1 Å². The summed E-state index contributed by atoms with van der Waals surface area (Å²) in [6.45, 7) is 7.15. The standard InChI is InChI=1S/C26H31N5O2S/c1-3-18-7-6-8-20(15-18)28-24(32)19-9-13-30(14-10-19)23-21(26(33)31-11-4-5-12-31)16-27-25-22(23)17(2)29-34-25/h6-8,15-16,19H,3-5,9-14H2,1-2H3,(H,28,32). The molecule has 1 aromatic carbocycles. The van der Waals surface area contributed by atoms with Crippen molar-refractivity contribution in [2.24, 2.45) is 5.92 Å². The Labute approximate surface area is 204 Å². The summed E-state index contributed by atoms with van der Waals surface area (Å²) in [5.41, 5.74) is 4.60. The molecule has 34 heavy (non-hydrogen) atoms. The number of hydrogen-bond donors (Lipinski definition) is 1. The summed E-state index contributed by atoms with van der Waals surface area (Å²) in [5, 5.41) is 4.09. The summed E-state index contributed by atoms with van der Waals surface area (Å²) in [5.74, 6) is 0.0935. The first kappa shape index (κ1) is 22.8. The van der Waals surface area contributed by atoms with E-state index >= 15 is 0 Å². The van der Waals surface area contributed by atoms with Crippen molar-refractivity contribution in [2.45, 2.75) is 46.0 Å². The molecule has 2 aliphatic heterocycles. The van der Waals surface area contributed by atoms with Gasteiger partial charge in [-0.15, -0.1) is 0 Å². The molecule has 8 heteroatoms. The summed E-state index contributed by atoms with van der Waals surface area (Å²) < 4.78 is 4.52. The highest BCUT2D eigenvalue weighted by Crippen LogP contribution is 2.37. The number of nitrogens with zero attached hydrogens (tertiary/aromatic N) is 4. The van der Waals surface area contributed by atoms with Gasteiger partial charge in [0.25, 0.3) is 5.91 Å². The first-order valence-electron chi connectivity index (χ1n) is 12.2. The van der Waals surface area contributed by atoms with Crippen LogP contribution in [0.25, 0.3) is 10.2 Å². The Balaban J connectivity index is 1.36. The van der Waals surface area contributed by atoms with Gasteiger partial charge < -0.3 is 15.1 Å². The molecule has 0 saturated carbocycles. The quantitative estimate of drug-likeness (QED) is 0.579. The van der Waals surface area contributed by atoms with Gasteiger partial charge in [-0.3, -0.25) is 9.59 Å². The number of aromatic nitrogens is 2. The van der Waals surface area contributed by atoms with Crippen molar-refractivity contribution < 1.29 is 9.59 Å². The van der Waals surface area contributed by atoms with E-state index in [1.54, 1.807) is 6.20 Å². The highest BCUT2D eigenvalue weighted by Gasteiger charge is 2.31. The van der Waals surface area contributed by atoms with Crippen LogP contribution < -0.4 is 10.2 Å². The van der Waals surface area contributed by atoms with Crippen molar-refractivity contribution >= 4 is 44.9 Å². The van der Waals surface area contributed by atoms with Gasteiger partial charge in [-0.2, -0.15) is 4.37 Å². The molecule has 2 saturated heterocycles. The molecule has 1 N–H and O–H groups in total. The minimum atomic E-state index is -0.0432. The van der Waals surface area contributed by atoms with Crippen LogP contribution in [0.3, 0.4) is 0 Å². The van der Waals surface area contributed by atoms with Crippen LogP contribution in [0.15, 0.2) is 30.5 Å². The average molecular weight is 478 g/mol. The second-order valence-corrected chi connectivity index (χ2v) is 10.0. The number of hydrogen-bond acceptors (Lipinski definition) is 6. The molecule has 2 aliphatic rings. The normalized spacial score (nSPS) is 16.9. The van der Waals surface area contributed by atoms with E-state index in [0.717, 1.165) is 85.6 Å². The Hall–Kier alpha value is -3.00. The number of rotatable bonds is 5. The minimum Gasteiger partial charge on any atom is -0.370 e. The van der Waals surface area contributed by atoms with Crippen molar-refractivity contribution in [1.29, 1.82) is 0 Å². The molecule has 178 valence electrons. The molecule has 0 atom stereocenters. The third-order valence-electron chi connectivity index (χ3n) is 7.06. The maximum Gasteiger partial charge on any atom is 0.257 e. The summed E-state index contributed by atoms with van der Waals surface area (Å²) in [6.07, 6.45) is 6.27. The van der Waals surface area contributed by atoms with E-state index in [9.17, 15) is 9.59 Å². The number of amides is 2. The number of benzene rings is 1. The highest BCUT2D eigenvalue weighted by atomic mass is 32.1. The topological polar surface area (TPSA) is 78.4 Å². The Kier molecular flexibility index (Phi) is 6.50. The Morgan fingerprint density at radius 1 is 1.15 bits per heavy atom. The minimum absolute atomic E-state index is 0.0432. The van der Waals surface area contributed by atoms with Crippen molar-refractivity contribution in [3.63, 3.8) is 0 Å². The number of carbonyl (C=O) groups excluding carboxylic acids is 2. The van der Waals surface area contributed by atoms with E-state index in [1.807, 2.05) is 30.0 Å². The molecule has 7 nitrogen and oxygen atoms in total. The lowest BCUT2D eigenvalue weighted by atomic mass is 9.94. The molecule has 4 heterocycles. The molecule has 3 aromatic rings. The second kappa shape index (κ2) is 9.70. The van der Waals surface area contributed by atoms with Crippen molar-refractivity contribution in [3.8, 4) is 0 Å². The first-order valence-corrected chi connectivity index (χ1v) is 13.0. The third kappa shape index (κ3) is 4.39. The average Bonchev–Trinajstić information content (AvgIpc) is 3.54. The number of carbonyl (C=O) groups is 2. The van der Waals surface area contributed by atoms with Crippen LogP contribution in [0.4, 0.5) is 11.4 Å². The predicted octanol–water partition coefficient (Wildman–Crippen LogP) is 4.65. The van der Waals surface area contributed by atoms with E-state index in [-0.39, 0.29) is 17.7 Å². The number of piperidine rings is 1. The lowest BCUT2D eigenvalue weighted by molar-refractivity contribution is -0.120. The summed E-state index contributed by atoms with van der Waals surface area (Å²) in [7, 11) is 0. The molecule has 0 aliphatic carbocycles. The van der Waals surface area contributed by atoms with E-state index in [2.05, 4.69) is 32.6 Å². The molecule has 2 fully saturated rings. The largest absolute Gasteiger partial charge is 0.370 e. The SMILES string of the molecule is CCc1cccc(NC(=O)C2CCN(c3c(C(=O)N4CCCC4)cnc4snc(C)c34)CC2)c1. The predicted molar refractivity (Wildman–Crippen MR) is 137 cm³/mol. The van der Waals surface area contributed by atoms with E-state index < -0.39 is 0 Å². The number of fused-ring (bicyclic) bond motifs is 1. The molecule has 0 bridgehead atoms. The fraction of sp³-hybridized carbons (Fsp3) is 0.462. The van der Waals surface area contributed by atoms with E-state index in [4.69, 9.17) is 0 Å². The zero-order chi connectivity index (χ0) is 23.7. The lowest BCUT2D eigenvalue weighted by Crippen LogP contribution is -2.39. The monoisotopic (exact) mass is 477 g/mol. The first-order chi connectivity index (χ1) is 16.5. The highest BCUT2D eigenvalue weighted by molar-refractivity contribution is 7.13. The second-order valence-electron chi connectivity index (χ2n) is 9.27. The van der Waals surface area contributed by atoms with E-state index in [1.165, 1.54) is 17.1 Å². The Morgan fingerprint density at radius 2 is 1.91 bits per heavy atom. The molecule has 2 amide bonds. The summed E-state index contributed by atoms with van der Waals surface area (Å²) in [4.78, 5) is 36.0. The molecule has 0 radical (unpaired) electrons. The molecule has 5 rings (SSSR count). The molecule has 0 spiro atoms. The number of pyridine rings is 1. The summed E-state index contributed by atoms with van der Waals surface area (Å²) in [6, 6.07) is 8.06. The molecular weight excluding hydrogens is 446 g/mol. The summed E-state index contributed by atoms with van der Waals surface area (Å²) >= 11 is 1.38. The van der Waals surface area contributed by atoms with Crippen molar-refractivity contribution in [3.05, 3.63) is 47.3 Å². The van der Waals surface area contributed by atoms with Crippen LogP contribution in [-0.4, -0.2) is 52.3 Å². The molecular formula is C26H31N5O2S. The fourth-order valence-electron chi connectivity index (χ4n) is 5.09. The van der Waals surface area contributed by atoms with Gasteiger partial charge in [0.15, 0.2) is 0 Å². The number of aryl methyl sites for hydroxylation is 2. The molecule has 0 unspecified atom stereocenters. The maximum atomic E-state index is 13.4. The van der Waals surface area contributed by atoms with Gasteiger partial charge >= 0.3 is 0 Å². The van der Waals surface area contributed by atoms with Crippen LogP contribution in [0.2, 0.25) is 0 Å². The van der Waals surface area contributed by atoms with Crippen molar-refractivity contribution in [2.75, 3.05) is 36.4 Å². The number of anilines is 2. The lowest BCUT2D eigenvalue weighted by Gasteiger charge is -2.34. The van der Waals surface area contributed by atoms with Gasteiger partial charge in [0, 0.05) is 44.0 Å². The van der Waals surface area contributed by atoms with Crippen LogP contribution in [0.1, 0.15) is 54.2 Å². The third-order valence-corrected chi connectivity index (χ3v) is 7.90. The Bertz CT molecular complexity index is 1210. The van der Waals surface area contributed by atoms with Crippen LogP contribution in [-0.2, 0) is 11.2 Å². The van der Waals surface area contributed by atoms with Gasteiger partial charge in [0.2, 0.25) is 5.91 Å². The Morgan fingerprint density at radius 3 is 2.65 bits per heavy atom. The van der Waals surface area contributed by atoms with Crippen LogP contribution in [0, 0.1) is 12.8 Å².